The molecule has 1 saturated carbocycles. The van der Waals surface area contributed by atoms with Crippen LogP contribution in [0.25, 0.3) is 0 Å². The molecule has 2 aliphatic rings. The van der Waals surface area contributed by atoms with Crippen LogP contribution in [0.4, 0.5) is 8.78 Å². The van der Waals surface area contributed by atoms with Crippen molar-refractivity contribution >= 4 is 5.78 Å². The molecule has 20 heavy (non-hydrogen) atoms. The lowest BCUT2D eigenvalue weighted by Crippen LogP contribution is -2.48. The zero-order valence-corrected chi connectivity index (χ0v) is 11.3. The Balaban J connectivity index is 1.59. The van der Waals surface area contributed by atoms with E-state index in [0.717, 1.165) is 44.4 Å². The molecule has 0 N–H and O–H groups in total. The van der Waals surface area contributed by atoms with E-state index >= 15 is 0 Å². The number of carbonyl (C=O) groups excluding carboxylic acids is 1. The number of ketones is 1. The van der Waals surface area contributed by atoms with Gasteiger partial charge in [0.05, 0.1) is 12.1 Å². The molecule has 1 aliphatic carbocycles. The lowest BCUT2D eigenvalue weighted by atomic mass is 10.1. The quantitative estimate of drug-likeness (QED) is 0.787. The molecule has 0 spiro atoms. The summed E-state index contributed by atoms with van der Waals surface area (Å²) in [4.78, 5) is 16.5. The fourth-order valence-electron chi connectivity index (χ4n) is 2.77. The summed E-state index contributed by atoms with van der Waals surface area (Å²) in [5, 5.41) is 0. The average molecular weight is 280 g/mol. The summed E-state index contributed by atoms with van der Waals surface area (Å²) < 4.78 is 27.1. The van der Waals surface area contributed by atoms with Gasteiger partial charge in [0.25, 0.3) is 0 Å². The molecule has 0 aromatic heterocycles. The molecule has 0 atom stereocenters. The minimum Gasteiger partial charge on any atom is -0.298 e. The van der Waals surface area contributed by atoms with E-state index in [1.807, 2.05) is 4.90 Å². The first-order chi connectivity index (χ1) is 9.65. The Labute approximate surface area is 117 Å². The maximum absolute atomic E-state index is 13.5. The van der Waals surface area contributed by atoms with E-state index in [0.29, 0.717) is 0 Å². The molecular formula is C15H18F2N2O. The minimum absolute atomic E-state index is 0.0936. The summed E-state index contributed by atoms with van der Waals surface area (Å²) >= 11 is 0. The Kier molecular flexibility index (Phi) is 3.81. The summed E-state index contributed by atoms with van der Waals surface area (Å²) in [6.45, 7) is 3.56. The number of carbonyl (C=O) groups is 1. The number of nitrogens with zero attached hydrogens (tertiary/aromatic N) is 2. The first-order valence-electron chi connectivity index (χ1n) is 7.09. The first-order valence-corrected chi connectivity index (χ1v) is 7.09. The van der Waals surface area contributed by atoms with Gasteiger partial charge in [-0.2, -0.15) is 0 Å². The summed E-state index contributed by atoms with van der Waals surface area (Å²) in [6.07, 6.45) is 2.55. The molecule has 1 aliphatic heterocycles. The van der Waals surface area contributed by atoms with Gasteiger partial charge in [-0.05, 0) is 25.0 Å². The van der Waals surface area contributed by atoms with Gasteiger partial charge in [-0.3, -0.25) is 14.6 Å². The van der Waals surface area contributed by atoms with Crippen LogP contribution < -0.4 is 0 Å². The van der Waals surface area contributed by atoms with Crippen molar-refractivity contribution in [3.8, 4) is 0 Å². The highest BCUT2D eigenvalue weighted by molar-refractivity contribution is 5.98. The third-order valence-electron chi connectivity index (χ3n) is 4.08. The molecule has 1 heterocycles. The highest BCUT2D eigenvalue weighted by atomic mass is 19.1. The predicted molar refractivity (Wildman–Crippen MR) is 71.7 cm³/mol. The largest absolute Gasteiger partial charge is 0.298 e. The average Bonchev–Trinajstić information content (AvgIpc) is 3.24. The summed E-state index contributed by atoms with van der Waals surface area (Å²) in [7, 11) is 0. The van der Waals surface area contributed by atoms with Crippen molar-refractivity contribution in [1.29, 1.82) is 0 Å². The van der Waals surface area contributed by atoms with Gasteiger partial charge in [0.1, 0.15) is 11.6 Å². The van der Waals surface area contributed by atoms with Crippen LogP contribution in [0.15, 0.2) is 18.2 Å². The van der Waals surface area contributed by atoms with Gasteiger partial charge < -0.3 is 0 Å². The molecule has 0 bridgehead atoms. The van der Waals surface area contributed by atoms with Crippen LogP contribution in [0, 0.1) is 11.6 Å². The van der Waals surface area contributed by atoms with Crippen molar-refractivity contribution < 1.29 is 13.6 Å². The Hall–Kier alpha value is -1.33. The van der Waals surface area contributed by atoms with Gasteiger partial charge in [0.2, 0.25) is 0 Å². The normalized spacial score (nSPS) is 21.1. The number of benzene rings is 1. The first kappa shape index (κ1) is 13.6. The fourth-order valence-corrected chi connectivity index (χ4v) is 2.77. The van der Waals surface area contributed by atoms with Gasteiger partial charge in [-0.15, -0.1) is 0 Å². The molecule has 2 fully saturated rings. The van der Waals surface area contributed by atoms with Crippen LogP contribution in [0.1, 0.15) is 23.2 Å². The third kappa shape index (κ3) is 2.88. The van der Waals surface area contributed by atoms with Crippen LogP contribution >= 0.6 is 0 Å². The van der Waals surface area contributed by atoms with Gasteiger partial charge in [0, 0.05) is 32.2 Å². The maximum Gasteiger partial charge on any atom is 0.182 e. The topological polar surface area (TPSA) is 23.6 Å². The lowest BCUT2D eigenvalue weighted by molar-refractivity contribution is 0.0836. The monoisotopic (exact) mass is 280 g/mol. The van der Waals surface area contributed by atoms with Crippen LogP contribution in [-0.2, 0) is 0 Å². The van der Waals surface area contributed by atoms with Crippen LogP contribution in [0.5, 0.6) is 0 Å². The number of hydrogen-bond acceptors (Lipinski definition) is 3. The van der Waals surface area contributed by atoms with E-state index in [1.165, 1.54) is 18.9 Å². The molecule has 1 aromatic rings. The Morgan fingerprint density at radius 3 is 2.25 bits per heavy atom. The van der Waals surface area contributed by atoms with Gasteiger partial charge in [-0.1, -0.05) is 6.07 Å². The standard InChI is InChI=1S/C15H18F2N2O/c16-12-2-1-3-13(17)15(12)14(20)10-18-6-8-19(9-7-18)11-4-5-11/h1-3,11H,4-10H2. The highest BCUT2D eigenvalue weighted by Crippen LogP contribution is 2.27. The maximum atomic E-state index is 13.5. The van der Waals surface area contributed by atoms with Crippen molar-refractivity contribution in [2.75, 3.05) is 32.7 Å². The van der Waals surface area contributed by atoms with E-state index in [-0.39, 0.29) is 6.54 Å². The Morgan fingerprint density at radius 2 is 1.70 bits per heavy atom. The van der Waals surface area contributed by atoms with E-state index < -0.39 is 23.0 Å². The van der Waals surface area contributed by atoms with E-state index in [1.54, 1.807) is 0 Å². The van der Waals surface area contributed by atoms with Gasteiger partial charge in [-0.25, -0.2) is 8.78 Å². The Morgan fingerprint density at radius 1 is 1.10 bits per heavy atom. The smallest absolute Gasteiger partial charge is 0.182 e. The van der Waals surface area contributed by atoms with Crippen molar-refractivity contribution in [2.24, 2.45) is 0 Å². The molecule has 3 rings (SSSR count). The number of halogens is 2. The summed E-state index contributed by atoms with van der Waals surface area (Å²) in [6, 6.07) is 4.26. The number of piperazine rings is 1. The van der Waals surface area contributed by atoms with Crippen LogP contribution in [0.2, 0.25) is 0 Å². The predicted octanol–water partition coefficient (Wildman–Crippen LogP) is 1.93. The molecular weight excluding hydrogens is 262 g/mol. The van der Waals surface area contributed by atoms with Gasteiger partial charge in [0.15, 0.2) is 5.78 Å². The van der Waals surface area contributed by atoms with Crippen molar-refractivity contribution in [2.45, 2.75) is 18.9 Å². The van der Waals surface area contributed by atoms with Crippen molar-refractivity contribution in [1.82, 2.24) is 9.80 Å². The van der Waals surface area contributed by atoms with E-state index in [4.69, 9.17) is 0 Å². The molecule has 3 nitrogen and oxygen atoms in total. The van der Waals surface area contributed by atoms with E-state index in [2.05, 4.69) is 4.90 Å². The highest BCUT2D eigenvalue weighted by Gasteiger charge is 2.31. The minimum atomic E-state index is -0.772. The number of rotatable bonds is 4. The van der Waals surface area contributed by atoms with Crippen LogP contribution in [-0.4, -0.2) is 54.3 Å². The lowest BCUT2D eigenvalue weighted by Gasteiger charge is -2.34. The van der Waals surface area contributed by atoms with Crippen molar-refractivity contribution in [3.63, 3.8) is 0 Å². The second-order valence-corrected chi connectivity index (χ2v) is 5.56. The summed E-state index contributed by atoms with van der Waals surface area (Å²) in [5.74, 6) is -2.02. The second kappa shape index (κ2) is 5.58. The molecule has 0 unspecified atom stereocenters. The zero-order chi connectivity index (χ0) is 14.1. The molecule has 5 heteroatoms. The second-order valence-electron chi connectivity index (χ2n) is 5.56. The number of hydrogen-bond donors (Lipinski definition) is 0. The number of Topliss-reactive ketones (excluding diaryl/α,β-unsaturated/α-hetero) is 1. The van der Waals surface area contributed by atoms with E-state index in [9.17, 15) is 13.6 Å². The SMILES string of the molecule is O=C(CN1CCN(C2CC2)CC1)c1c(F)cccc1F. The van der Waals surface area contributed by atoms with Crippen molar-refractivity contribution in [3.05, 3.63) is 35.4 Å². The summed E-state index contributed by atoms with van der Waals surface area (Å²) in [5.41, 5.74) is -0.405. The van der Waals surface area contributed by atoms with Gasteiger partial charge >= 0.3 is 0 Å². The molecule has 108 valence electrons. The molecule has 0 amide bonds. The Bertz CT molecular complexity index is 488. The molecule has 1 saturated heterocycles. The molecule has 1 aromatic carbocycles. The fraction of sp³-hybridized carbons (Fsp3) is 0.533. The zero-order valence-electron chi connectivity index (χ0n) is 11.3. The molecule has 0 radical (unpaired) electrons. The van der Waals surface area contributed by atoms with Crippen LogP contribution in [0.3, 0.4) is 0 Å². The third-order valence-corrected chi connectivity index (χ3v) is 4.08.